The molecule has 0 radical (unpaired) electrons. The zero-order valence-electron chi connectivity index (χ0n) is 34.2. The number of aliphatic carboxylic acids is 1. The molecule has 3 aromatic carbocycles. The maximum atomic E-state index is 12.1. The van der Waals surface area contributed by atoms with E-state index >= 15 is 0 Å². The molecular formula is C44H51NO12S3. The van der Waals surface area contributed by atoms with E-state index in [2.05, 4.69) is 6.58 Å². The lowest BCUT2D eigenvalue weighted by molar-refractivity contribution is -0.136. The number of anilines is 1. The molecule has 0 unspecified atom stereocenters. The van der Waals surface area contributed by atoms with Crippen LogP contribution >= 0.6 is 0 Å². The fourth-order valence-electron chi connectivity index (χ4n) is 7.60. The normalized spacial score (nSPS) is 17.4. The van der Waals surface area contributed by atoms with Gasteiger partial charge < -0.3 is 14.7 Å². The van der Waals surface area contributed by atoms with Crippen molar-refractivity contribution in [2.45, 2.75) is 93.8 Å². The van der Waals surface area contributed by atoms with Crippen molar-refractivity contribution in [1.29, 1.82) is 0 Å². The maximum absolute atomic E-state index is 12.1. The quantitative estimate of drug-likeness (QED) is 0.0788. The summed E-state index contributed by atoms with van der Waals surface area (Å²) in [6.07, 6.45) is 9.91. The van der Waals surface area contributed by atoms with E-state index in [4.69, 9.17) is 9.84 Å². The SMILES string of the molecule is C=C(/C=C/C1=C(Oc2ccc(CCC(=O)O)cc2)C(=C\C=C2\N(CCCS(=O)(=O)O)c3ccc(S(=O)(=O)O)cc3C2(C)C)/CCC1)C(C)(C)c1cc(S(=O)(=O)O)ccc1C. The number of carboxylic acids is 1. The van der Waals surface area contributed by atoms with Crippen LogP contribution in [0.25, 0.3) is 0 Å². The van der Waals surface area contributed by atoms with Gasteiger partial charge in [0, 0.05) is 35.2 Å². The molecule has 0 spiro atoms. The molecule has 16 heteroatoms. The number of allylic oxidation sites excluding steroid dienone is 8. The van der Waals surface area contributed by atoms with Crippen molar-refractivity contribution in [2.75, 3.05) is 17.2 Å². The first-order valence-corrected chi connectivity index (χ1v) is 23.7. The minimum Gasteiger partial charge on any atom is -0.481 e. The molecule has 322 valence electrons. The lowest BCUT2D eigenvalue weighted by Gasteiger charge is -2.29. The summed E-state index contributed by atoms with van der Waals surface area (Å²) in [5.74, 6) is -0.331. The van der Waals surface area contributed by atoms with Crippen LogP contribution in [0.5, 0.6) is 5.75 Å². The summed E-state index contributed by atoms with van der Waals surface area (Å²) in [6.45, 7) is 14.0. The fourth-order valence-corrected chi connectivity index (χ4v) is 9.11. The molecule has 0 saturated carbocycles. The number of fused-ring (bicyclic) bond motifs is 1. The smallest absolute Gasteiger partial charge is 0.303 e. The van der Waals surface area contributed by atoms with Crippen LogP contribution in [0, 0.1) is 6.92 Å². The van der Waals surface area contributed by atoms with E-state index in [0.29, 0.717) is 58.9 Å². The first-order valence-electron chi connectivity index (χ1n) is 19.2. The van der Waals surface area contributed by atoms with Crippen LogP contribution in [0.1, 0.15) is 82.1 Å². The third-order valence-electron chi connectivity index (χ3n) is 11.1. The number of hydrogen-bond acceptors (Lipinski definition) is 9. The van der Waals surface area contributed by atoms with Gasteiger partial charge in [-0.05, 0) is 127 Å². The van der Waals surface area contributed by atoms with Gasteiger partial charge in [0.1, 0.15) is 11.5 Å². The standard InChI is InChI=1S/C44H51NO12S3/c1-29-11-20-35(59(51,52)53)27-37(29)43(3,4)30(2)12-16-32-9-7-10-33(42(32)57-34-18-13-31(14-19-34)15-24-41(46)47)17-23-40-44(5,6)38-28-36(60(54,55)56)21-22-39(38)45(40)25-8-26-58(48,49)50/h11-14,16-23,27-28H,2,7-10,15,24-26H2,1,3-6H3,(H,46,47)(H,48,49,50)(H,51,52,53)(H,54,55,56)/b16-12+,33-17-,40-23+. The van der Waals surface area contributed by atoms with E-state index < -0.39 is 52.9 Å². The van der Waals surface area contributed by atoms with Crippen LogP contribution in [0.15, 0.2) is 130 Å². The van der Waals surface area contributed by atoms with Gasteiger partial charge in [0.05, 0.1) is 15.5 Å². The summed E-state index contributed by atoms with van der Waals surface area (Å²) in [4.78, 5) is 12.5. The van der Waals surface area contributed by atoms with Crippen LogP contribution in [-0.4, -0.2) is 62.3 Å². The molecule has 0 amide bonds. The molecule has 4 N–H and O–H groups in total. The van der Waals surface area contributed by atoms with Crippen molar-refractivity contribution < 1.29 is 53.5 Å². The summed E-state index contributed by atoms with van der Waals surface area (Å²) in [5, 5.41) is 9.15. The highest BCUT2D eigenvalue weighted by Crippen LogP contribution is 2.49. The van der Waals surface area contributed by atoms with Crippen molar-refractivity contribution in [1.82, 2.24) is 0 Å². The molecule has 1 heterocycles. The zero-order valence-corrected chi connectivity index (χ0v) is 36.6. The molecule has 0 aromatic heterocycles. The molecule has 3 aromatic rings. The van der Waals surface area contributed by atoms with Gasteiger partial charge in [0.15, 0.2) is 0 Å². The summed E-state index contributed by atoms with van der Waals surface area (Å²) in [5.41, 5.74) is 4.93. The minimum atomic E-state index is -4.53. The van der Waals surface area contributed by atoms with Gasteiger partial charge in [0.2, 0.25) is 0 Å². The molecule has 0 atom stereocenters. The first-order chi connectivity index (χ1) is 27.8. The Labute approximate surface area is 352 Å². The van der Waals surface area contributed by atoms with Crippen LogP contribution in [0.2, 0.25) is 0 Å². The van der Waals surface area contributed by atoms with Crippen LogP contribution in [0.4, 0.5) is 5.69 Å². The Morgan fingerprint density at radius 2 is 1.53 bits per heavy atom. The maximum Gasteiger partial charge on any atom is 0.303 e. The van der Waals surface area contributed by atoms with E-state index in [1.807, 2.05) is 63.8 Å². The topological polar surface area (TPSA) is 213 Å². The third kappa shape index (κ3) is 10.9. The van der Waals surface area contributed by atoms with Crippen molar-refractivity contribution in [3.05, 3.63) is 142 Å². The number of hydrogen-bond donors (Lipinski definition) is 4. The number of carbonyl (C=O) groups is 1. The summed E-state index contributed by atoms with van der Waals surface area (Å²) < 4.78 is 107. The molecule has 0 saturated heterocycles. The van der Waals surface area contributed by atoms with Gasteiger partial charge in [-0.1, -0.05) is 70.7 Å². The van der Waals surface area contributed by atoms with Crippen LogP contribution in [0.3, 0.4) is 0 Å². The Bertz CT molecular complexity index is 2650. The second-order valence-corrected chi connectivity index (χ2v) is 20.5. The predicted molar refractivity (Wildman–Crippen MR) is 230 cm³/mol. The Hall–Kier alpha value is -4.84. The van der Waals surface area contributed by atoms with Crippen molar-refractivity contribution >= 4 is 42.0 Å². The molecule has 60 heavy (non-hydrogen) atoms. The number of aryl methyl sites for hydroxylation is 2. The number of benzene rings is 3. The highest BCUT2D eigenvalue weighted by molar-refractivity contribution is 7.86. The minimum absolute atomic E-state index is 0.0219. The zero-order chi connectivity index (χ0) is 44.4. The highest BCUT2D eigenvalue weighted by atomic mass is 32.2. The van der Waals surface area contributed by atoms with Crippen molar-refractivity contribution in [3.8, 4) is 5.75 Å². The molecule has 1 aliphatic carbocycles. The third-order valence-corrected chi connectivity index (χ3v) is 13.6. The van der Waals surface area contributed by atoms with Crippen LogP contribution < -0.4 is 9.64 Å². The van der Waals surface area contributed by atoms with E-state index in [1.165, 1.54) is 24.3 Å². The van der Waals surface area contributed by atoms with Gasteiger partial charge in [-0.3, -0.25) is 18.5 Å². The Morgan fingerprint density at radius 3 is 2.15 bits per heavy atom. The highest BCUT2D eigenvalue weighted by Gasteiger charge is 2.40. The lowest BCUT2D eigenvalue weighted by Crippen LogP contribution is -2.28. The number of carboxylic acid groups (broad SMARTS) is 1. The molecule has 0 bridgehead atoms. The molecule has 2 aliphatic rings. The average molecular weight is 882 g/mol. The van der Waals surface area contributed by atoms with Gasteiger partial charge in [-0.25, -0.2) is 0 Å². The van der Waals surface area contributed by atoms with E-state index in [1.54, 1.807) is 36.4 Å². The Kier molecular flexibility index (Phi) is 13.6. The van der Waals surface area contributed by atoms with Gasteiger partial charge in [-0.15, -0.1) is 0 Å². The average Bonchev–Trinajstić information content (AvgIpc) is 3.36. The molecular weight excluding hydrogens is 831 g/mol. The number of rotatable bonds is 16. The Morgan fingerprint density at radius 1 is 0.900 bits per heavy atom. The fraction of sp³-hybridized carbons (Fsp3) is 0.341. The first kappa shape index (κ1) is 46.2. The molecule has 5 rings (SSSR count). The molecule has 13 nitrogen and oxygen atoms in total. The lowest BCUT2D eigenvalue weighted by atomic mass is 9.76. The summed E-state index contributed by atoms with van der Waals surface area (Å²) in [7, 11) is -13.2. The second-order valence-electron chi connectivity index (χ2n) is 16.1. The van der Waals surface area contributed by atoms with E-state index in [9.17, 15) is 43.7 Å². The van der Waals surface area contributed by atoms with Crippen molar-refractivity contribution in [2.24, 2.45) is 0 Å². The summed E-state index contributed by atoms with van der Waals surface area (Å²) in [6, 6.07) is 15.8. The largest absolute Gasteiger partial charge is 0.481 e. The van der Waals surface area contributed by atoms with E-state index in [-0.39, 0.29) is 29.2 Å². The van der Waals surface area contributed by atoms with Crippen LogP contribution in [-0.2, 0) is 52.4 Å². The van der Waals surface area contributed by atoms with Gasteiger partial charge in [0.25, 0.3) is 30.4 Å². The van der Waals surface area contributed by atoms with Gasteiger partial charge >= 0.3 is 5.97 Å². The monoisotopic (exact) mass is 881 g/mol. The molecule has 1 aliphatic heterocycles. The van der Waals surface area contributed by atoms with E-state index in [0.717, 1.165) is 28.7 Å². The second kappa shape index (κ2) is 17.6. The van der Waals surface area contributed by atoms with Gasteiger partial charge in [-0.2, -0.15) is 25.3 Å². The molecule has 0 fully saturated rings. The summed E-state index contributed by atoms with van der Waals surface area (Å²) >= 11 is 0. The number of ether oxygens (including phenoxy) is 1. The Balaban J connectivity index is 1.60. The number of nitrogens with zero attached hydrogens (tertiary/aromatic N) is 1. The van der Waals surface area contributed by atoms with Crippen molar-refractivity contribution in [3.63, 3.8) is 0 Å². The predicted octanol–water partition coefficient (Wildman–Crippen LogP) is 8.30.